The number of rotatable bonds is 3. The molecule has 1 heterocycles. The molecule has 0 spiro atoms. The van der Waals surface area contributed by atoms with Crippen LogP contribution in [-0.4, -0.2) is 34.6 Å². The Balaban J connectivity index is 2.79. The second-order valence-corrected chi connectivity index (χ2v) is 6.05. The average molecular weight is 273 g/mol. The van der Waals surface area contributed by atoms with Gasteiger partial charge in [-0.2, -0.15) is 5.26 Å². The average Bonchev–Trinajstić information content (AvgIpc) is 2.68. The van der Waals surface area contributed by atoms with Crippen LogP contribution < -0.4 is 0 Å². The molecule has 102 valence electrons. The summed E-state index contributed by atoms with van der Waals surface area (Å²) in [5, 5.41) is 9.42. The largest absolute Gasteiger partial charge is 0.444 e. The number of carbonyl (C=O) groups is 1. The predicted molar refractivity (Wildman–Crippen MR) is 70.5 cm³/mol. The molecule has 1 rings (SSSR count). The summed E-state index contributed by atoms with van der Waals surface area (Å²) in [6.45, 7) is 6.07. The summed E-state index contributed by atoms with van der Waals surface area (Å²) in [4.78, 5) is 13.7. The van der Waals surface area contributed by atoms with Gasteiger partial charge in [0, 0.05) is 12.4 Å². The third kappa shape index (κ3) is 3.52. The van der Waals surface area contributed by atoms with Gasteiger partial charge in [0.25, 0.3) is 0 Å². The van der Waals surface area contributed by atoms with Crippen molar-refractivity contribution in [1.82, 2.24) is 4.90 Å². The fourth-order valence-electron chi connectivity index (χ4n) is 2.25. The minimum Gasteiger partial charge on any atom is -0.444 e. The van der Waals surface area contributed by atoms with E-state index in [1.165, 1.54) is 0 Å². The lowest BCUT2D eigenvalue weighted by atomic mass is 9.92. The predicted octanol–water partition coefficient (Wildman–Crippen LogP) is 3.30. The molecular formula is C13H21ClN2O2. The van der Waals surface area contributed by atoms with Gasteiger partial charge in [-0.1, -0.05) is 0 Å². The van der Waals surface area contributed by atoms with E-state index < -0.39 is 17.2 Å². The highest BCUT2D eigenvalue weighted by atomic mass is 35.5. The molecular weight excluding hydrogens is 252 g/mol. The molecule has 0 aliphatic carbocycles. The van der Waals surface area contributed by atoms with Gasteiger partial charge in [-0.25, -0.2) is 4.79 Å². The van der Waals surface area contributed by atoms with E-state index in [2.05, 4.69) is 6.07 Å². The van der Waals surface area contributed by atoms with Crippen LogP contribution in [0.25, 0.3) is 0 Å². The summed E-state index contributed by atoms with van der Waals surface area (Å²) < 4.78 is 5.36. The molecule has 0 N–H and O–H groups in total. The molecule has 1 atom stereocenters. The Bertz CT molecular complexity index is 346. The molecule has 0 aromatic heterocycles. The Morgan fingerprint density at radius 1 is 1.56 bits per heavy atom. The van der Waals surface area contributed by atoms with Crippen molar-refractivity contribution in [3.8, 4) is 6.07 Å². The molecule has 0 aromatic rings. The van der Waals surface area contributed by atoms with Crippen LogP contribution in [0.15, 0.2) is 0 Å². The topological polar surface area (TPSA) is 53.3 Å². The zero-order valence-electron chi connectivity index (χ0n) is 11.3. The zero-order valence-corrected chi connectivity index (χ0v) is 12.1. The number of amides is 1. The highest BCUT2D eigenvalue weighted by molar-refractivity contribution is 6.17. The first-order chi connectivity index (χ1) is 8.34. The lowest BCUT2D eigenvalue weighted by Crippen LogP contribution is -2.48. The number of likely N-dealkylation sites (tertiary alicyclic amines) is 1. The Labute approximate surface area is 114 Å². The van der Waals surface area contributed by atoms with Crippen LogP contribution in [-0.2, 0) is 4.74 Å². The van der Waals surface area contributed by atoms with Crippen LogP contribution in [0.3, 0.4) is 0 Å². The van der Waals surface area contributed by atoms with E-state index in [-0.39, 0.29) is 0 Å². The lowest BCUT2D eigenvalue weighted by Gasteiger charge is -2.34. The number of alkyl halides is 1. The maximum atomic E-state index is 12.1. The number of hydrogen-bond acceptors (Lipinski definition) is 3. The number of carbonyl (C=O) groups excluding carboxylic acids is 1. The molecule has 1 unspecified atom stereocenters. The van der Waals surface area contributed by atoms with E-state index >= 15 is 0 Å². The van der Waals surface area contributed by atoms with Crippen LogP contribution in [0.2, 0.25) is 0 Å². The standard InChI is InChI=1S/C13H21ClN2O2/c1-12(2,3)18-11(17)16-9-5-7-13(16,10-15)6-4-8-14/h4-9H2,1-3H3. The second kappa shape index (κ2) is 5.79. The first-order valence-electron chi connectivity index (χ1n) is 6.32. The molecule has 5 heteroatoms. The van der Waals surface area contributed by atoms with Crippen molar-refractivity contribution in [2.24, 2.45) is 0 Å². The molecule has 0 aromatic carbocycles. The van der Waals surface area contributed by atoms with E-state index in [0.717, 1.165) is 12.8 Å². The van der Waals surface area contributed by atoms with Crippen molar-refractivity contribution in [1.29, 1.82) is 5.26 Å². The number of halogens is 1. The number of ether oxygens (including phenoxy) is 1. The van der Waals surface area contributed by atoms with Gasteiger partial charge in [0.1, 0.15) is 11.1 Å². The zero-order chi connectivity index (χ0) is 13.8. The molecule has 1 aliphatic heterocycles. The summed E-state index contributed by atoms with van der Waals surface area (Å²) in [5.41, 5.74) is -1.26. The van der Waals surface area contributed by atoms with E-state index in [1.54, 1.807) is 4.90 Å². The third-order valence-corrected chi connectivity index (χ3v) is 3.30. The molecule has 1 aliphatic rings. The fourth-order valence-corrected chi connectivity index (χ4v) is 2.39. The minimum absolute atomic E-state index is 0.392. The van der Waals surface area contributed by atoms with Gasteiger partial charge in [0.05, 0.1) is 6.07 Å². The van der Waals surface area contributed by atoms with Crippen molar-refractivity contribution in [3.05, 3.63) is 0 Å². The van der Waals surface area contributed by atoms with Crippen LogP contribution in [0, 0.1) is 11.3 Å². The number of nitrogens with zero attached hydrogens (tertiary/aromatic N) is 2. The summed E-state index contributed by atoms with van der Waals surface area (Å²) in [5.74, 6) is 0.506. The summed E-state index contributed by atoms with van der Waals surface area (Å²) >= 11 is 5.69. The van der Waals surface area contributed by atoms with Crippen LogP contribution >= 0.6 is 11.6 Å². The Kier molecular flexibility index (Phi) is 4.86. The van der Waals surface area contributed by atoms with Gasteiger partial charge >= 0.3 is 6.09 Å². The van der Waals surface area contributed by atoms with Gasteiger partial charge < -0.3 is 4.74 Å². The second-order valence-electron chi connectivity index (χ2n) is 5.67. The van der Waals surface area contributed by atoms with E-state index in [9.17, 15) is 10.1 Å². The number of nitriles is 1. The van der Waals surface area contributed by atoms with Gasteiger partial charge in [0.2, 0.25) is 0 Å². The smallest absolute Gasteiger partial charge is 0.411 e. The fraction of sp³-hybridized carbons (Fsp3) is 0.846. The Morgan fingerprint density at radius 3 is 2.72 bits per heavy atom. The van der Waals surface area contributed by atoms with Gasteiger partial charge in [-0.05, 0) is 46.5 Å². The molecule has 0 bridgehead atoms. The molecule has 0 radical (unpaired) electrons. The summed E-state index contributed by atoms with van der Waals surface area (Å²) in [7, 11) is 0. The van der Waals surface area contributed by atoms with E-state index in [0.29, 0.717) is 25.3 Å². The van der Waals surface area contributed by atoms with Gasteiger partial charge in [-0.15, -0.1) is 11.6 Å². The van der Waals surface area contributed by atoms with Crippen molar-refractivity contribution in [2.75, 3.05) is 12.4 Å². The van der Waals surface area contributed by atoms with Gasteiger partial charge in [0.15, 0.2) is 0 Å². The summed E-state index contributed by atoms with van der Waals surface area (Å²) in [6.07, 6.45) is 2.51. The van der Waals surface area contributed by atoms with Crippen molar-refractivity contribution in [3.63, 3.8) is 0 Å². The minimum atomic E-state index is -0.725. The van der Waals surface area contributed by atoms with E-state index in [1.807, 2.05) is 20.8 Å². The van der Waals surface area contributed by atoms with E-state index in [4.69, 9.17) is 16.3 Å². The highest BCUT2D eigenvalue weighted by Gasteiger charge is 2.45. The Hall–Kier alpha value is -0.950. The van der Waals surface area contributed by atoms with Crippen molar-refractivity contribution >= 4 is 17.7 Å². The molecule has 1 saturated heterocycles. The molecule has 0 saturated carbocycles. The molecule has 1 fully saturated rings. The lowest BCUT2D eigenvalue weighted by molar-refractivity contribution is 0.0146. The van der Waals surface area contributed by atoms with Crippen LogP contribution in [0.5, 0.6) is 0 Å². The first-order valence-corrected chi connectivity index (χ1v) is 6.86. The normalized spacial score (nSPS) is 23.8. The first kappa shape index (κ1) is 15.1. The summed E-state index contributed by atoms with van der Waals surface area (Å²) in [6, 6.07) is 2.30. The number of hydrogen-bond donors (Lipinski definition) is 0. The molecule has 18 heavy (non-hydrogen) atoms. The SMILES string of the molecule is CC(C)(C)OC(=O)N1CCCC1(C#N)CCCCl. The maximum Gasteiger partial charge on any atom is 0.411 e. The maximum absolute atomic E-state index is 12.1. The van der Waals surface area contributed by atoms with Crippen molar-refractivity contribution in [2.45, 2.75) is 57.6 Å². The third-order valence-electron chi connectivity index (χ3n) is 3.03. The Morgan fingerprint density at radius 2 is 2.22 bits per heavy atom. The van der Waals surface area contributed by atoms with Crippen molar-refractivity contribution < 1.29 is 9.53 Å². The highest BCUT2D eigenvalue weighted by Crippen LogP contribution is 2.34. The quantitative estimate of drug-likeness (QED) is 0.741. The molecule has 1 amide bonds. The van der Waals surface area contributed by atoms with Crippen LogP contribution in [0.1, 0.15) is 46.5 Å². The van der Waals surface area contributed by atoms with Crippen LogP contribution in [0.4, 0.5) is 4.79 Å². The monoisotopic (exact) mass is 272 g/mol. The molecule has 4 nitrogen and oxygen atoms in total. The van der Waals surface area contributed by atoms with Gasteiger partial charge in [-0.3, -0.25) is 4.90 Å².